The van der Waals surface area contributed by atoms with Crippen LogP contribution in [0.3, 0.4) is 0 Å². The first-order valence-corrected chi connectivity index (χ1v) is 4.57. The molecule has 0 saturated heterocycles. The molecule has 0 spiro atoms. The van der Waals surface area contributed by atoms with Gasteiger partial charge in [0.15, 0.2) is 0 Å². The van der Waals surface area contributed by atoms with Crippen LogP contribution in [-0.2, 0) is 0 Å². The van der Waals surface area contributed by atoms with Gasteiger partial charge in [0.05, 0.1) is 0 Å². The van der Waals surface area contributed by atoms with Gasteiger partial charge in [-0.05, 0) is 19.3 Å². The summed E-state index contributed by atoms with van der Waals surface area (Å²) in [4.78, 5) is 0. The maximum Gasteiger partial charge on any atom is 0.0428 e. The smallest absolute Gasteiger partial charge is 0.0428 e. The van der Waals surface area contributed by atoms with Crippen molar-refractivity contribution in [1.82, 2.24) is 0 Å². The van der Waals surface area contributed by atoms with Gasteiger partial charge in [-0.25, -0.2) is 0 Å². The number of hydrogen-bond acceptors (Lipinski definition) is 3. The molecule has 3 N–H and O–H groups in total. The standard InChI is InChI=1S/3C3H8O.La/c3*1-2-3-4;/h3*4H,2-3H2,1H3;. The van der Waals surface area contributed by atoms with Crippen LogP contribution in [0.2, 0.25) is 0 Å². The molecule has 0 aliphatic heterocycles. The minimum atomic E-state index is 0. The molecule has 0 aromatic heterocycles. The summed E-state index contributed by atoms with van der Waals surface area (Å²) in [6.07, 6.45) is 2.62. The Morgan fingerprint density at radius 1 is 0.615 bits per heavy atom. The van der Waals surface area contributed by atoms with E-state index in [0.29, 0.717) is 19.8 Å². The quantitative estimate of drug-likeness (QED) is 0.732. The van der Waals surface area contributed by atoms with Gasteiger partial charge in [0.2, 0.25) is 0 Å². The zero-order valence-electron chi connectivity index (χ0n) is 9.16. The molecule has 0 amide bonds. The summed E-state index contributed by atoms with van der Waals surface area (Å²) in [5.74, 6) is 0. The maximum atomic E-state index is 7.88. The molecule has 81 valence electrons. The monoisotopic (exact) mass is 319 g/mol. The van der Waals surface area contributed by atoms with E-state index >= 15 is 0 Å². The van der Waals surface area contributed by atoms with Crippen LogP contribution in [0.1, 0.15) is 40.0 Å². The largest absolute Gasteiger partial charge is 0.396 e. The Labute approximate surface area is 110 Å². The SMILES string of the molecule is CCCO.CCCO.CCCO.[La]. The first-order valence-electron chi connectivity index (χ1n) is 4.57. The zero-order chi connectivity index (χ0) is 10.2. The Kier molecular flexibility index (Phi) is 69.4. The second-order valence-electron chi connectivity index (χ2n) is 2.17. The topological polar surface area (TPSA) is 60.7 Å². The number of hydrogen-bond donors (Lipinski definition) is 3. The minimum absolute atomic E-state index is 0. The normalized spacial score (nSPS) is 6.92. The Hall–Kier alpha value is 1.07. The summed E-state index contributed by atoms with van der Waals surface area (Å²) >= 11 is 0. The molecule has 0 aromatic carbocycles. The molecule has 0 bridgehead atoms. The summed E-state index contributed by atoms with van der Waals surface area (Å²) in [6.45, 7) is 6.75. The van der Waals surface area contributed by atoms with Crippen molar-refractivity contribution < 1.29 is 50.9 Å². The number of aliphatic hydroxyl groups excluding tert-OH is 3. The fraction of sp³-hybridized carbons (Fsp3) is 1.00. The second-order valence-corrected chi connectivity index (χ2v) is 2.17. The van der Waals surface area contributed by atoms with Crippen molar-refractivity contribution >= 4 is 0 Å². The van der Waals surface area contributed by atoms with E-state index in [1.807, 2.05) is 20.8 Å². The number of rotatable bonds is 3. The van der Waals surface area contributed by atoms with Crippen LogP contribution in [0.4, 0.5) is 0 Å². The molecule has 0 unspecified atom stereocenters. The van der Waals surface area contributed by atoms with Crippen LogP contribution >= 0.6 is 0 Å². The van der Waals surface area contributed by atoms with E-state index in [2.05, 4.69) is 0 Å². The molecule has 0 aliphatic rings. The molecule has 0 aromatic rings. The molecule has 0 aliphatic carbocycles. The van der Waals surface area contributed by atoms with Crippen LogP contribution in [0.25, 0.3) is 0 Å². The molecular weight excluding hydrogens is 295 g/mol. The van der Waals surface area contributed by atoms with Gasteiger partial charge in [0.25, 0.3) is 0 Å². The van der Waals surface area contributed by atoms with Gasteiger partial charge in [-0.1, -0.05) is 20.8 Å². The molecule has 0 saturated carbocycles. The third-order valence-electron chi connectivity index (χ3n) is 0.671. The van der Waals surface area contributed by atoms with Crippen molar-refractivity contribution in [3.05, 3.63) is 0 Å². The zero-order valence-corrected chi connectivity index (χ0v) is 12.8. The van der Waals surface area contributed by atoms with Crippen LogP contribution in [0, 0.1) is 35.6 Å². The van der Waals surface area contributed by atoms with Crippen molar-refractivity contribution in [2.75, 3.05) is 19.8 Å². The van der Waals surface area contributed by atoms with E-state index < -0.39 is 0 Å². The molecular formula is C9H24LaO3. The molecule has 0 atom stereocenters. The Bertz CT molecular complexity index is 30.3. The van der Waals surface area contributed by atoms with Crippen molar-refractivity contribution in [3.63, 3.8) is 0 Å². The first-order chi connectivity index (χ1) is 5.74. The van der Waals surface area contributed by atoms with Gasteiger partial charge in [-0.2, -0.15) is 0 Å². The average molecular weight is 319 g/mol. The molecule has 4 heteroatoms. The summed E-state index contributed by atoms with van der Waals surface area (Å²) < 4.78 is 0. The van der Waals surface area contributed by atoms with Crippen molar-refractivity contribution in [1.29, 1.82) is 0 Å². The number of aliphatic hydroxyl groups is 3. The van der Waals surface area contributed by atoms with Crippen LogP contribution in [0.5, 0.6) is 0 Å². The van der Waals surface area contributed by atoms with Gasteiger partial charge in [-0.15, -0.1) is 0 Å². The third-order valence-corrected chi connectivity index (χ3v) is 0.671. The van der Waals surface area contributed by atoms with Crippen LogP contribution in [0.15, 0.2) is 0 Å². The molecule has 0 fully saturated rings. The third kappa shape index (κ3) is 96.6. The van der Waals surface area contributed by atoms with Gasteiger partial charge >= 0.3 is 0 Å². The molecule has 13 heavy (non-hydrogen) atoms. The van der Waals surface area contributed by atoms with Crippen molar-refractivity contribution in [2.45, 2.75) is 40.0 Å². The molecule has 0 rings (SSSR count). The fourth-order valence-corrected chi connectivity index (χ4v) is 0. The van der Waals surface area contributed by atoms with E-state index in [-0.39, 0.29) is 35.6 Å². The van der Waals surface area contributed by atoms with Crippen LogP contribution in [-0.4, -0.2) is 35.1 Å². The maximum absolute atomic E-state index is 7.88. The van der Waals surface area contributed by atoms with E-state index in [1.165, 1.54) is 0 Å². The summed E-state index contributed by atoms with van der Waals surface area (Å²) in [5, 5.41) is 23.6. The van der Waals surface area contributed by atoms with Crippen LogP contribution < -0.4 is 0 Å². The Morgan fingerprint density at radius 3 is 0.692 bits per heavy atom. The van der Waals surface area contributed by atoms with Gasteiger partial charge in [0, 0.05) is 55.4 Å². The van der Waals surface area contributed by atoms with E-state index in [0.717, 1.165) is 19.3 Å². The van der Waals surface area contributed by atoms with Crippen molar-refractivity contribution in [2.24, 2.45) is 0 Å². The minimum Gasteiger partial charge on any atom is -0.396 e. The Balaban J connectivity index is -0.0000000450. The van der Waals surface area contributed by atoms with E-state index in [9.17, 15) is 0 Å². The molecule has 0 heterocycles. The van der Waals surface area contributed by atoms with Gasteiger partial charge < -0.3 is 15.3 Å². The first kappa shape index (κ1) is 23.7. The average Bonchev–Trinajstić information content (AvgIpc) is 2.18. The summed E-state index contributed by atoms with van der Waals surface area (Å²) in [7, 11) is 0. The Morgan fingerprint density at radius 2 is 0.692 bits per heavy atom. The fourth-order valence-electron chi connectivity index (χ4n) is 0. The molecule has 3 nitrogen and oxygen atoms in total. The molecule has 1 radical (unpaired) electrons. The van der Waals surface area contributed by atoms with E-state index in [4.69, 9.17) is 15.3 Å². The second kappa shape index (κ2) is 38.1. The predicted octanol–water partition coefficient (Wildman–Crippen LogP) is 1.17. The van der Waals surface area contributed by atoms with Gasteiger partial charge in [-0.3, -0.25) is 0 Å². The van der Waals surface area contributed by atoms with Gasteiger partial charge in [0.1, 0.15) is 0 Å². The summed E-state index contributed by atoms with van der Waals surface area (Å²) in [5.41, 5.74) is 0. The predicted molar refractivity (Wildman–Crippen MR) is 52.1 cm³/mol. The van der Waals surface area contributed by atoms with Crippen molar-refractivity contribution in [3.8, 4) is 0 Å². The van der Waals surface area contributed by atoms with E-state index in [1.54, 1.807) is 0 Å². The summed E-state index contributed by atoms with van der Waals surface area (Å²) in [6, 6.07) is 0.